The van der Waals surface area contributed by atoms with Crippen LogP contribution in [0, 0.1) is 0 Å². The van der Waals surface area contributed by atoms with E-state index in [-0.39, 0.29) is 0 Å². The van der Waals surface area contributed by atoms with Crippen LogP contribution in [-0.2, 0) is 16.1 Å². The van der Waals surface area contributed by atoms with Gasteiger partial charge in [0.25, 0.3) is 0 Å². The van der Waals surface area contributed by atoms with Gasteiger partial charge in [0.1, 0.15) is 12.2 Å². The summed E-state index contributed by atoms with van der Waals surface area (Å²) in [6.07, 6.45) is 4.08. The molecule has 0 aliphatic carbocycles. The molecule has 0 bridgehead atoms. The van der Waals surface area contributed by atoms with Gasteiger partial charge in [-0.3, -0.25) is 4.98 Å². The Morgan fingerprint density at radius 1 is 1.08 bits per heavy atom. The summed E-state index contributed by atoms with van der Waals surface area (Å²) in [5.41, 5.74) is 3.70. The highest BCUT2D eigenvalue weighted by atomic mass is 16.6. The first-order valence-electron chi connectivity index (χ1n) is 12.0. The monoisotopic (exact) mass is 486 g/mol. The van der Waals surface area contributed by atoms with Crippen molar-refractivity contribution in [1.29, 1.82) is 0 Å². The molecule has 5 rings (SSSR count). The largest absolute Gasteiger partial charge is 0.493 e. The van der Waals surface area contributed by atoms with Crippen LogP contribution in [-0.4, -0.2) is 41.6 Å². The van der Waals surface area contributed by atoms with Gasteiger partial charge in [0, 0.05) is 23.0 Å². The summed E-state index contributed by atoms with van der Waals surface area (Å²) in [6.45, 7) is 7.12. The maximum atomic E-state index is 13.5. The maximum Gasteiger partial charge on any atom is 0.419 e. The molecular weight excluding hydrogens is 456 g/mol. The summed E-state index contributed by atoms with van der Waals surface area (Å²) in [4.78, 5) is 18.2. The predicted octanol–water partition coefficient (Wildman–Crippen LogP) is 6.36. The molecule has 0 amide bonds. The van der Waals surface area contributed by atoms with Crippen LogP contribution in [0.3, 0.4) is 0 Å². The molecule has 4 aromatic rings. The molecule has 7 heteroatoms. The fraction of sp³-hybridized carbons (Fsp3) is 0.310. The summed E-state index contributed by atoms with van der Waals surface area (Å²) < 4.78 is 24.8. The third-order valence-corrected chi connectivity index (χ3v) is 6.04. The highest BCUT2D eigenvalue weighted by molar-refractivity contribution is 6.16. The van der Waals surface area contributed by atoms with Gasteiger partial charge in [-0.25, -0.2) is 9.36 Å². The molecule has 1 aliphatic heterocycles. The van der Waals surface area contributed by atoms with Gasteiger partial charge >= 0.3 is 6.09 Å². The second-order valence-corrected chi connectivity index (χ2v) is 9.72. The van der Waals surface area contributed by atoms with Crippen LogP contribution in [0.5, 0.6) is 11.5 Å². The number of rotatable bonds is 5. The number of hydrogen-bond donors (Lipinski definition) is 0. The van der Waals surface area contributed by atoms with Gasteiger partial charge in [0.05, 0.1) is 37.1 Å². The number of fused-ring (bicyclic) bond motifs is 3. The third-order valence-electron chi connectivity index (χ3n) is 6.04. The molecule has 0 atom stereocenters. The van der Waals surface area contributed by atoms with E-state index in [9.17, 15) is 4.79 Å². The van der Waals surface area contributed by atoms with Crippen LogP contribution in [0.2, 0.25) is 0 Å². The highest BCUT2D eigenvalue weighted by Crippen LogP contribution is 2.41. The number of aromatic nitrogens is 2. The smallest absolute Gasteiger partial charge is 0.419 e. The van der Waals surface area contributed by atoms with Crippen molar-refractivity contribution in [1.82, 2.24) is 9.55 Å². The molecule has 2 aromatic heterocycles. The number of carbonyl (C=O) groups excluding carboxylic acids is 1. The van der Waals surface area contributed by atoms with E-state index in [1.165, 1.54) is 0 Å². The van der Waals surface area contributed by atoms with Crippen LogP contribution >= 0.6 is 0 Å². The van der Waals surface area contributed by atoms with Crippen molar-refractivity contribution in [2.75, 3.05) is 20.3 Å². The van der Waals surface area contributed by atoms with E-state index >= 15 is 0 Å². The lowest BCUT2D eigenvalue weighted by Gasteiger charge is -2.20. The minimum absolute atomic E-state index is 0.370. The summed E-state index contributed by atoms with van der Waals surface area (Å²) in [5, 5.41) is 1.72. The number of methoxy groups -OCH3 is 1. The third kappa shape index (κ3) is 4.66. The average molecular weight is 487 g/mol. The van der Waals surface area contributed by atoms with Crippen molar-refractivity contribution in [3.63, 3.8) is 0 Å². The highest BCUT2D eigenvalue weighted by Gasteiger charge is 2.26. The standard InChI is InChI=1S/C29H30N2O5/c1-29(2,3)36-28(32)31-22-10-13-30-27(20-11-14-34-15-12-20)26(22)21-16-24(33-4)25(17-23(21)31)35-18-19-8-6-5-7-9-19/h5-11,13,16-17H,12,14-15,18H2,1-4H3. The number of pyridine rings is 1. The normalized spacial score (nSPS) is 14.1. The van der Waals surface area contributed by atoms with Gasteiger partial charge in [-0.1, -0.05) is 36.4 Å². The second kappa shape index (κ2) is 9.66. The van der Waals surface area contributed by atoms with Crippen LogP contribution in [0.15, 0.2) is 60.8 Å². The quantitative estimate of drug-likeness (QED) is 0.327. The fourth-order valence-corrected chi connectivity index (χ4v) is 4.47. The Kier molecular flexibility index (Phi) is 6.41. The minimum atomic E-state index is -0.655. The topological polar surface area (TPSA) is 71.8 Å². The molecule has 1 aliphatic rings. The number of nitrogens with zero attached hydrogens (tertiary/aromatic N) is 2. The molecule has 0 N–H and O–H groups in total. The first-order chi connectivity index (χ1) is 17.4. The van der Waals surface area contributed by atoms with Gasteiger partial charge < -0.3 is 18.9 Å². The van der Waals surface area contributed by atoms with Crippen LogP contribution in [0.25, 0.3) is 27.4 Å². The molecule has 36 heavy (non-hydrogen) atoms. The SMILES string of the molecule is COc1cc2c3c(C4=CCOCC4)nccc3n(C(=O)OC(C)(C)C)c2cc1OCc1ccccc1. The van der Waals surface area contributed by atoms with Gasteiger partial charge in [-0.05, 0) is 50.5 Å². The van der Waals surface area contributed by atoms with Crippen molar-refractivity contribution < 1.29 is 23.7 Å². The lowest BCUT2D eigenvalue weighted by atomic mass is 10.0. The molecule has 7 nitrogen and oxygen atoms in total. The molecule has 0 saturated heterocycles. The molecule has 0 radical (unpaired) electrons. The van der Waals surface area contributed by atoms with Crippen molar-refractivity contribution in [3.05, 3.63) is 72.1 Å². The van der Waals surface area contributed by atoms with Gasteiger partial charge in [-0.2, -0.15) is 0 Å². The summed E-state index contributed by atoms with van der Waals surface area (Å²) in [5.74, 6) is 1.12. The molecular formula is C29H30N2O5. The molecule has 2 aromatic carbocycles. The van der Waals surface area contributed by atoms with Gasteiger partial charge in [0.15, 0.2) is 11.5 Å². The Labute approximate surface area is 210 Å². The zero-order chi connectivity index (χ0) is 25.3. The van der Waals surface area contributed by atoms with E-state index in [0.717, 1.165) is 39.5 Å². The summed E-state index contributed by atoms with van der Waals surface area (Å²) in [6, 6.07) is 15.5. The molecule has 3 heterocycles. The van der Waals surface area contributed by atoms with Crippen LogP contribution in [0.4, 0.5) is 4.79 Å². The predicted molar refractivity (Wildman–Crippen MR) is 140 cm³/mol. The van der Waals surface area contributed by atoms with Gasteiger partial charge in [-0.15, -0.1) is 0 Å². The lowest BCUT2D eigenvalue weighted by Crippen LogP contribution is -2.27. The van der Waals surface area contributed by atoms with E-state index in [0.29, 0.717) is 36.8 Å². The van der Waals surface area contributed by atoms with E-state index < -0.39 is 11.7 Å². The fourth-order valence-electron chi connectivity index (χ4n) is 4.47. The summed E-state index contributed by atoms with van der Waals surface area (Å²) >= 11 is 0. The van der Waals surface area contributed by atoms with E-state index in [4.69, 9.17) is 23.9 Å². The number of hydrogen-bond acceptors (Lipinski definition) is 6. The zero-order valence-electron chi connectivity index (χ0n) is 21.0. The maximum absolute atomic E-state index is 13.5. The lowest BCUT2D eigenvalue weighted by molar-refractivity contribution is 0.0551. The number of benzene rings is 2. The van der Waals surface area contributed by atoms with Crippen molar-refractivity contribution in [2.24, 2.45) is 0 Å². The first kappa shape index (κ1) is 23.9. The number of ether oxygens (including phenoxy) is 4. The summed E-state index contributed by atoms with van der Waals surface area (Å²) in [7, 11) is 1.61. The van der Waals surface area contributed by atoms with Crippen LogP contribution < -0.4 is 9.47 Å². The van der Waals surface area contributed by atoms with Crippen molar-refractivity contribution in [2.45, 2.75) is 39.4 Å². The Hall–Kier alpha value is -3.84. The first-order valence-corrected chi connectivity index (χ1v) is 12.0. The molecule has 186 valence electrons. The van der Waals surface area contributed by atoms with Crippen LogP contribution in [0.1, 0.15) is 38.4 Å². The van der Waals surface area contributed by atoms with E-state index in [1.807, 2.05) is 69.3 Å². The number of carbonyl (C=O) groups is 1. The molecule has 0 unspecified atom stereocenters. The Bertz CT molecular complexity index is 1450. The van der Waals surface area contributed by atoms with E-state index in [1.54, 1.807) is 17.9 Å². The zero-order valence-corrected chi connectivity index (χ0v) is 21.0. The van der Waals surface area contributed by atoms with Gasteiger partial charge in [0.2, 0.25) is 0 Å². The minimum Gasteiger partial charge on any atom is -0.493 e. The Morgan fingerprint density at radius 2 is 1.89 bits per heavy atom. The Morgan fingerprint density at radius 3 is 2.58 bits per heavy atom. The molecule has 0 saturated carbocycles. The molecule has 0 fully saturated rings. The Balaban J connectivity index is 1.72. The van der Waals surface area contributed by atoms with Crippen molar-refractivity contribution in [3.8, 4) is 11.5 Å². The van der Waals surface area contributed by atoms with E-state index in [2.05, 4.69) is 6.08 Å². The molecule has 0 spiro atoms. The second-order valence-electron chi connectivity index (χ2n) is 9.72. The average Bonchev–Trinajstić information content (AvgIpc) is 3.20. The van der Waals surface area contributed by atoms with Crippen molar-refractivity contribution >= 4 is 33.5 Å².